The monoisotopic (exact) mass is 386 g/mol. The minimum Gasteiger partial charge on any atom is -0.491 e. The van der Waals surface area contributed by atoms with E-state index in [4.69, 9.17) is 17.0 Å². The first-order chi connectivity index (χ1) is 12.9. The van der Waals surface area contributed by atoms with Crippen molar-refractivity contribution < 1.29 is 9.53 Å². The zero-order valence-corrected chi connectivity index (χ0v) is 17.1. The number of amides is 1. The summed E-state index contributed by atoms with van der Waals surface area (Å²) < 4.78 is 5.77. The van der Waals surface area contributed by atoms with E-state index in [1.165, 1.54) is 38.5 Å². The number of ether oxygens (including phenoxy) is 1. The van der Waals surface area contributed by atoms with E-state index in [0.29, 0.717) is 10.7 Å². The van der Waals surface area contributed by atoms with Crippen molar-refractivity contribution in [1.29, 1.82) is 0 Å². The van der Waals surface area contributed by atoms with Gasteiger partial charge in [-0.1, -0.05) is 6.92 Å². The van der Waals surface area contributed by atoms with Gasteiger partial charge in [0.2, 0.25) is 0 Å². The molecule has 4 bridgehead atoms. The van der Waals surface area contributed by atoms with E-state index < -0.39 is 0 Å². The second kappa shape index (κ2) is 7.42. The molecule has 0 saturated heterocycles. The molecule has 4 saturated carbocycles. The highest BCUT2D eigenvalue weighted by Crippen LogP contribution is 2.55. The molecule has 1 aromatic rings. The van der Waals surface area contributed by atoms with Crippen LogP contribution in [0.5, 0.6) is 5.75 Å². The van der Waals surface area contributed by atoms with E-state index >= 15 is 0 Å². The Morgan fingerprint density at radius 2 is 1.70 bits per heavy atom. The Morgan fingerprint density at radius 3 is 2.22 bits per heavy atom. The van der Waals surface area contributed by atoms with Crippen LogP contribution in [0.15, 0.2) is 24.3 Å². The summed E-state index contributed by atoms with van der Waals surface area (Å²) in [4.78, 5) is 12.6. The summed E-state index contributed by atoms with van der Waals surface area (Å²) in [6.07, 6.45) is 8.92. The molecule has 0 heterocycles. The van der Waals surface area contributed by atoms with Gasteiger partial charge >= 0.3 is 0 Å². The van der Waals surface area contributed by atoms with Crippen molar-refractivity contribution in [3.63, 3.8) is 0 Å². The maximum absolute atomic E-state index is 12.6. The third-order valence-electron chi connectivity index (χ3n) is 6.67. The Kier molecular flexibility index (Phi) is 5.15. The third-order valence-corrected chi connectivity index (χ3v) is 6.88. The molecule has 0 aliphatic heterocycles. The number of carbonyl (C=O) groups is 1. The van der Waals surface area contributed by atoms with Gasteiger partial charge < -0.3 is 10.1 Å². The van der Waals surface area contributed by atoms with Gasteiger partial charge in [0.1, 0.15) is 5.75 Å². The molecule has 0 aromatic heterocycles. The van der Waals surface area contributed by atoms with Crippen LogP contribution in [-0.4, -0.2) is 22.7 Å². The number of nitrogens with one attached hydrogen (secondary N) is 2. The van der Waals surface area contributed by atoms with E-state index in [1.807, 2.05) is 19.1 Å². The van der Waals surface area contributed by atoms with Crippen molar-refractivity contribution >= 4 is 23.2 Å². The number of rotatable bonds is 5. The van der Waals surface area contributed by atoms with Gasteiger partial charge in [-0.3, -0.25) is 10.1 Å². The van der Waals surface area contributed by atoms with Crippen molar-refractivity contribution in [3.05, 3.63) is 29.8 Å². The second-order valence-electron chi connectivity index (χ2n) is 8.97. The van der Waals surface area contributed by atoms with Gasteiger partial charge in [0, 0.05) is 11.1 Å². The van der Waals surface area contributed by atoms with Crippen molar-refractivity contribution in [3.8, 4) is 5.75 Å². The smallest absolute Gasteiger partial charge is 0.257 e. The van der Waals surface area contributed by atoms with E-state index in [-0.39, 0.29) is 17.6 Å². The topological polar surface area (TPSA) is 50.4 Å². The molecule has 0 spiro atoms. The predicted octanol–water partition coefficient (Wildman–Crippen LogP) is 4.44. The van der Waals surface area contributed by atoms with Crippen LogP contribution in [0, 0.1) is 17.8 Å². The molecule has 2 N–H and O–H groups in total. The lowest BCUT2D eigenvalue weighted by Crippen LogP contribution is -2.61. The maximum atomic E-state index is 12.6. The van der Waals surface area contributed by atoms with Gasteiger partial charge in [0.25, 0.3) is 5.91 Å². The molecule has 0 unspecified atom stereocenters. The first-order valence-electron chi connectivity index (χ1n) is 10.3. The van der Waals surface area contributed by atoms with Gasteiger partial charge in [-0.2, -0.15) is 0 Å². The quantitative estimate of drug-likeness (QED) is 0.735. The second-order valence-corrected chi connectivity index (χ2v) is 9.38. The van der Waals surface area contributed by atoms with E-state index in [9.17, 15) is 4.79 Å². The molecule has 1 amide bonds. The third kappa shape index (κ3) is 4.13. The molecule has 1 aromatic carbocycles. The summed E-state index contributed by atoms with van der Waals surface area (Å²) >= 11 is 5.50. The summed E-state index contributed by atoms with van der Waals surface area (Å²) in [5, 5.41) is 6.90. The molecule has 5 heteroatoms. The standard InChI is InChI=1S/C22H30N2O2S/c1-3-14(2)26-19-6-4-18(5-7-19)20(25)23-21(27)24-22-11-15-8-16(12-22)10-17(9-15)13-22/h4-7,14-17H,3,8-13H2,1-2H3,(H2,23,24,25,27)/t14-,15?,16?,17?,22?/m1/s1. The van der Waals surface area contributed by atoms with Crippen LogP contribution in [0.25, 0.3) is 0 Å². The van der Waals surface area contributed by atoms with E-state index in [1.54, 1.807) is 12.1 Å². The molecule has 4 aliphatic rings. The van der Waals surface area contributed by atoms with Gasteiger partial charge in [0.05, 0.1) is 6.10 Å². The summed E-state index contributed by atoms with van der Waals surface area (Å²) in [6.45, 7) is 4.12. The Hall–Kier alpha value is -1.62. The Labute approximate surface area is 167 Å². The average Bonchev–Trinajstić information content (AvgIpc) is 2.60. The van der Waals surface area contributed by atoms with Crippen molar-refractivity contribution in [1.82, 2.24) is 10.6 Å². The number of hydrogen-bond acceptors (Lipinski definition) is 3. The molecule has 4 nitrogen and oxygen atoms in total. The first kappa shape index (κ1) is 18.7. The highest BCUT2D eigenvalue weighted by Gasteiger charge is 2.51. The summed E-state index contributed by atoms with van der Waals surface area (Å²) in [5.41, 5.74) is 0.716. The lowest BCUT2D eigenvalue weighted by atomic mass is 9.53. The van der Waals surface area contributed by atoms with Crippen LogP contribution in [0.2, 0.25) is 0 Å². The molecule has 4 fully saturated rings. The van der Waals surface area contributed by atoms with Crippen LogP contribution in [0.4, 0.5) is 0 Å². The summed E-state index contributed by atoms with van der Waals surface area (Å²) in [7, 11) is 0. The number of carbonyl (C=O) groups excluding carboxylic acids is 1. The number of benzene rings is 1. The van der Waals surface area contributed by atoms with Crippen LogP contribution in [-0.2, 0) is 0 Å². The van der Waals surface area contributed by atoms with Crippen molar-refractivity contribution in [2.75, 3.05) is 0 Å². The van der Waals surface area contributed by atoms with Crippen LogP contribution in [0.3, 0.4) is 0 Å². The van der Waals surface area contributed by atoms with Gasteiger partial charge in [-0.15, -0.1) is 0 Å². The van der Waals surface area contributed by atoms with E-state index in [0.717, 1.165) is 29.9 Å². The zero-order chi connectivity index (χ0) is 19.0. The van der Waals surface area contributed by atoms with E-state index in [2.05, 4.69) is 17.6 Å². The van der Waals surface area contributed by atoms with Crippen LogP contribution in [0.1, 0.15) is 69.2 Å². The van der Waals surface area contributed by atoms with Gasteiger partial charge in [-0.05, 0) is 106 Å². The first-order valence-corrected chi connectivity index (χ1v) is 10.8. The highest BCUT2D eigenvalue weighted by molar-refractivity contribution is 7.80. The Balaban J connectivity index is 1.34. The largest absolute Gasteiger partial charge is 0.491 e. The average molecular weight is 387 g/mol. The zero-order valence-electron chi connectivity index (χ0n) is 16.3. The molecule has 4 aliphatic carbocycles. The van der Waals surface area contributed by atoms with Crippen molar-refractivity contribution in [2.24, 2.45) is 17.8 Å². The molecule has 5 rings (SSSR count). The Bertz CT molecular complexity index is 680. The highest BCUT2D eigenvalue weighted by atomic mass is 32.1. The molecule has 146 valence electrons. The fourth-order valence-corrected chi connectivity index (χ4v) is 6.02. The van der Waals surface area contributed by atoms with Crippen LogP contribution < -0.4 is 15.4 Å². The number of thiocarbonyl (C=S) groups is 1. The predicted molar refractivity (Wildman–Crippen MR) is 111 cm³/mol. The maximum Gasteiger partial charge on any atom is 0.257 e. The number of hydrogen-bond donors (Lipinski definition) is 2. The fourth-order valence-electron chi connectivity index (χ4n) is 5.71. The lowest BCUT2D eigenvalue weighted by molar-refractivity contribution is -0.0101. The van der Waals surface area contributed by atoms with Crippen LogP contribution >= 0.6 is 12.2 Å². The van der Waals surface area contributed by atoms with Gasteiger partial charge in [-0.25, -0.2) is 0 Å². The van der Waals surface area contributed by atoms with Crippen molar-refractivity contribution in [2.45, 2.75) is 70.4 Å². The molecule has 27 heavy (non-hydrogen) atoms. The SMILES string of the molecule is CC[C@@H](C)Oc1ccc(C(=O)NC(=S)NC23CC4CC(CC(C4)C2)C3)cc1. The Morgan fingerprint density at radius 1 is 1.15 bits per heavy atom. The molecule has 1 atom stereocenters. The minimum absolute atomic E-state index is 0.118. The summed E-state index contributed by atoms with van der Waals surface area (Å²) in [6, 6.07) is 7.27. The lowest BCUT2D eigenvalue weighted by Gasteiger charge is -2.57. The summed E-state index contributed by atoms with van der Waals surface area (Å²) in [5.74, 6) is 3.17. The normalized spacial score (nSPS) is 32.0. The molecular formula is C22H30N2O2S. The molecule has 0 radical (unpaired) electrons. The van der Waals surface area contributed by atoms with Gasteiger partial charge in [0.15, 0.2) is 5.11 Å². The minimum atomic E-state index is -0.160. The fraction of sp³-hybridized carbons (Fsp3) is 0.636. The molecular weight excluding hydrogens is 356 g/mol.